The van der Waals surface area contributed by atoms with Crippen molar-refractivity contribution in [3.63, 3.8) is 0 Å². The summed E-state index contributed by atoms with van der Waals surface area (Å²) in [5.74, 6) is 2.22. The zero-order valence-electron chi connectivity index (χ0n) is 13.0. The Hall–Kier alpha value is -2.89. The fraction of sp³-hybridized carbons (Fsp3) is 0.235. The SMILES string of the molecule is CCOc1ccc(-c2nc(-c3ccccn3)no2)cc1OCC. The van der Waals surface area contributed by atoms with Gasteiger partial charge in [0.1, 0.15) is 5.69 Å². The summed E-state index contributed by atoms with van der Waals surface area (Å²) in [6.45, 7) is 4.98. The Bertz CT molecular complexity index is 772. The summed E-state index contributed by atoms with van der Waals surface area (Å²) in [7, 11) is 0. The highest BCUT2D eigenvalue weighted by Crippen LogP contribution is 2.32. The minimum Gasteiger partial charge on any atom is -0.490 e. The average molecular weight is 311 g/mol. The van der Waals surface area contributed by atoms with Crippen LogP contribution in [0.5, 0.6) is 11.5 Å². The minimum atomic E-state index is 0.412. The van der Waals surface area contributed by atoms with Crippen LogP contribution < -0.4 is 9.47 Å². The highest BCUT2D eigenvalue weighted by atomic mass is 16.5. The molecule has 0 atom stereocenters. The number of nitrogens with zero attached hydrogens (tertiary/aromatic N) is 3. The molecule has 6 nitrogen and oxygen atoms in total. The monoisotopic (exact) mass is 311 g/mol. The molecule has 2 aromatic heterocycles. The molecule has 23 heavy (non-hydrogen) atoms. The predicted octanol–water partition coefficient (Wildman–Crippen LogP) is 3.60. The van der Waals surface area contributed by atoms with Crippen molar-refractivity contribution >= 4 is 0 Å². The first kappa shape index (κ1) is 15.0. The lowest BCUT2D eigenvalue weighted by Gasteiger charge is -2.11. The molecule has 0 aliphatic carbocycles. The molecule has 0 unspecified atom stereocenters. The zero-order chi connectivity index (χ0) is 16.1. The van der Waals surface area contributed by atoms with Gasteiger partial charge >= 0.3 is 0 Å². The standard InChI is InChI=1S/C17H17N3O3/c1-3-21-14-9-8-12(11-15(14)22-4-2)17-19-16(20-23-17)13-7-5-6-10-18-13/h5-11H,3-4H2,1-2H3. The Balaban J connectivity index is 1.93. The van der Waals surface area contributed by atoms with Gasteiger partial charge in [-0.2, -0.15) is 4.98 Å². The molecule has 0 N–H and O–H groups in total. The Kier molecular flexibility index (Phi) is 4.52. The van der Waals surface area contributed by atoms with Crippen LogP contribution in [0.15, 0.2) is 47.1 Å². The van der Waals surface area contributed by atoms with Gasteiger partial charge in [-0.1, -0.05) is 11.2 Å². The molecule has 0 bridgehead atoms. The van der Waals surface area contributed by atoms with Crippen LogP contribution in [0.25, 0.3) is 23.0 Å². The Morgan fingerprint density at radius 1 is 1.00 bits per heavy atom. The molecule has 0 aliphatic heterocycles. The number of aromatic nitrogens is 3. The first-order chi connectivity index (χ1) is 11.3. The average Bonchev–Trinajstić information content (AvgIpc) is 3.08. The third-order valence-electron chi connectivity index (χ3n) is 3.11. The molecule has 3 rings (SSSR count). The van der Waals surface area contributed by atoms with Gasteiger partial charge in [-0.15, -0.1) is 0 Å². The largest absolute Gasteiger partial charge is 0.490 e. The third-order valence-corrected chi connectivity index (χ3v) is 3.11. The van der Waals surface area contributed by atoms with Crippen molar-refractivity contribution in [3.05, 3.63) is 42.6 Å². The van der Waals surface area contributed by atoms with E-state index in [0.29, 0.717) is 42.1 Å². The number of benzene rings is 1. The van der Waals surface area contributed by atoms with E-state index in [1.54, 1.807) is 6.20 Å². The summed E-state index contributed by atoms with van der Waals surface area (Å²) in [5, 5.41) is 3.98. The molecular formula is C17H17N3O3. The van der Waals surface area contributed by atoms with Crippen molar-refractivity contribution < 1.29 is 14.0 Å². The molecular weight excluding hydrogens is 294 g/mol. The van der Waals surface area contributed by atoms with Gasteiger partial charge in [0.15, 0.2) is 11.5 Å². The normalized spacial score (nSPS) is 10.5. The summed E-state index contributed by atoms with van der Waals surface area (Å²) < 4.78 is 16.5. The first-order valence-electron chi connectivity index (χ1n) is 7.47. The van der Waals surface area contributed by atoms with Gasteiger partial charge in [0.25, 0.3) is 5.89 Å². The highest BCUT2D eigenvalue weighted by Gasteiger charge is 2.14. The zero-order valence-corrected chi connectivity index (χ0v) is 13.0. The quantitative estimate of drug-likeness (QED) is 0.693. The lowest BCUT2D eigenvalue weighted by Crippen LogP contribution is -1.98. The maximum absolute atomic E-state index is 5.62. The van der Waals surface area contributed by atoms with Gasteiger partial charge < -0.3 is 14.0 Å². The molecule has 1 aromatic carbocycles. The van der Waals surface area contributed by atoms with Gasteiger partial charge in [0, 0.05) is 11.8 Å². The Labute approximate surface area is 134 Å². The smallest absolute Gasteiger partial charge is 0.258 e. The maximum atomic E-state index is 5.62. The molecule has 0 radical (unpaired) electrons. The number of pyridine rings is 1. The summed E-state index contributed by atoms with van der Waals surface area (Å²) in [5.41, 5.74) is 1.44. The molecule has 2 heterocycles. The van der Waals surface area contributed by atoms with Crippen LogP contribution in [0.4, 0.5) is 0 Å². The maximum Gasteiger partial charge on any atom is 0.258 e. The summed E-state index contributed by atoms with van der Waals surface area (Å²) in [4.78, 5) is 8.60. The number of rotatable bonds is 6. The van der Waals surface area contributed by atoms with Crippen molar-refractivity contribution in [2.75, 3.05) is 13.2 Å². The van der Waals surface area contributed by atoms with Gasteiger partial charge in [-0.05, 0) is 44.2 Å². The number of hydrogen-bond donors (Lipinski definition) is 0. The van der Waals surface area contributed by atoms with Crippen LogP contribution in [-0.2, 0) is 0 Å². The second kappa shape index (κ2) is 6.91. The fourth-order valence-electron chi connectivity index (χ4n) is 2.12. The minimum absolute atomic E-state index is 0.412. The Morgan fingerprint density at radius 3 is 2.57 bits per heavy atom. The number of ether oxygens (including phenoxy) is 2. The molecule has 118 valence electrons. The molecule has 0 saturated carbocycles. The van der Waals surface area contributed by atoms with Crippen molar-refractivity contribution in [1.29, 1.82) is 0 Å². The van der Waals surface area contributed by atoms with E-state index in [1.807, 2.05) is 50.2 Å². The lowest BCUT2D eigenvalue weighted by atomic mass is 10.2. The summed E-state index contributed by atoms with van der Waals surface area (Å²) in [6.07, 6.45) is 1.69. The van der Waals surface area contributed by atoms with Gasteiger partial charge in [0.2, 0.25) is 5.82 Å². The number of hydrogen-bond acceptors (Lipinski definition) is 6. The third kappa shape index (κ3) is 3.31. The van der Waals surface area contributed by atoms with E-state index in [4.69, 9.17) is 14.0 Å². The van der Waals surface area contributed by atoms with Crippen LogP contribution >= 0.6 is 0 Å². The van der Waals surface area contributed by atoms with E-state index < -0.39 is 0 Å². The van der Waals surface area contributed by atoms with Crippen molar-refractivity contribution in [1.82, 2.24) is 15.1 Å². The van der Waals surface area contributed by atoms with Crippen LogP contribution in [0.2, 0.25) is 0 Å². The van der Waals surface area contributed by atoms with E-state index in [0.717, 1.165) is 5.56 Å². The molecule has 0 spiro atoms. The topological polar surface area (TPSA) is 70.3 Å². The van der Waals surface area contributed by atoms with E-state index in [1.165, 1.54) is 0 Å². The fourth-order valence-corrected chi connectivity index (χ4v) is 2.12. The molecule has 3 aromatic rings. The van der Waals surface area contributed by atoms with Crippen LogP contribution in [-0.4, -0.2) is 28.3 Å². The highest BCUT2D eigenvalue weighted by molar-refractivity contribution is 5.61. The second-order valence-corrected chi connectivity index (χ2v) is 4.67. The van der Waals surface area contributed by atoms with E-state index in [2.05, 4.69) is 15.1 Å². The Morgan fingerprint density at radius 2 is 1.83 bits per heavy atom. The second-order valence-electron chi connectivity index (χ2n) is 4.67. The van der Waals surface area contributed by atoms with Crippen molar-refractivity contribution in [2.24, 2.45) is 0 Å². The van der Waals surface area contributed by atoms with Crippen LogP contribution in [0.3, 0.4) is 0 Å². The molecule has 0 fully saturated rings. The van der Waals surface area contributed by atoms with Gasteiger partial charge in [-0.3, -0.25) is 4.98 Å². The van der Waals surface area contributed by atoms with E-state index in [-0.39, 0.29) is 0 Å². The van der Waals surface area contributed by atoms with E-state index in [9.17, 15) is 0 Å². The first-order valence-corrected chi connectivity index (χ1v) is 7.47. The van der Waals surface area contributed by atoms with Crippen LogP contribution in [0, 0.1) is 0 Å². The predicted molar refractivity (Wildman–Crippen MR) is 85.3 cm³/mol. The van der Waals surface area contributed by atoms with Crippen LogP contribution in [0.1, 0.15) is 13.8 Å². The summed E-state index contributed by atoms with van der Waals surface area (Å²) in [6, 6.07) is 11.1. The van der Waals surface area contributed by atoms with Gasteiger partial charge in [0.05, 0.1) is 13.2 Å². The summed E-state index contributed by atoms with van der Waals surface area (Å²) >= 11 is 0. The molecule has 0 aliphatic rings. The molecule has 0 amide bonds. The van der Waals surface area contributed by atoms with Crippen molar-refractivity contribution in [3.8, 4) is 34.5 Å². The molecule has 6 heteroatoms. The lowest BCUT2D eigenvalue weighted by molar-refractivity contribution is 0.288. The van der Waals surface area contributed by atoms with Crippen molar-refractivity contribution in [2.45, 2.75) is 13.8 Å². The van der Waals surface area contributed by atoms with Gasteiger partial charge in [-0.25, -0.2) is 0 Å². The molecule has 0 saturated heterocycles. The van der Waals surface area contributed by atoms with E-state index >= 15 is 0 Å².